The SMILES string of the molecule is CC(=O)N(C(C(=O)N[C@@H]1C(=O)N2[C@@H]1SC(C)(C)[C@@H]2C(=O)O)c1cccs1)N(C)C(=N)c1ccccc1Cl. The zero-order valence-electron chi connectivity index (χ0n) is 20.5. The van der Waals surface area contributed by atoms with Crippen molar-refractivity contribution in [3.63, 3.8) is 0 Å². The fraction of sp³-hybridized carbons (Fsp3) is 0.375. The normalized spacial score (nSPS) is 22.5. The van der Waals surface area contributed by atoms with Crippen LogP contribution in [0.1, 0.15) is 37.3 Å². The summed E-state index contributed by atoms with van der Waals surface area (Å²) >= 11 is 8.84. The number of hydrazine groups is 1. The Balaban J connectivity index is 1.63. The van der Waals surface area contributed by atoms with Gasteiger partial charge in [0.2, 0.25) is 11.8 Å². The van der Waals surface area contributed by atoms with Crippen molar-refractivity contribution >= 4 is 64.2 Å². The molecular weight excluding hydrogens is 538 g/mol. The fourth-order valence-electron chi connectivity index (χ4n) is 4.69. The number of hydrogen-bond acceptors (Lipinski definition) is 7. The maximum Gasteiger partial charge on any atom is 0.327 e. The minimum atomic E-state index is -1.18. The molecule has 2 saturated heterocycles. The van der Waals surface area contributed by atoms with Gasteiger partial charge in [0.15, 0.2) is 6.04 Å². The van der Waals surface area contributed by atoms with Crippen LogP contribution in [0, 0.1) is 5.41 Å². The molecule has 3 amide bonds. The van der Waals surface area contributed by atoms with Gasteiger partial charge in [-0.2, -0.15) is 0 Å². The van der Waals surface area contributed by atoms with Crippen molar-refractivity contribution in [2.75, 3.05) is 7.05 Å². The Morgan fingerprint density at radius 2 is 1.89 bits per heavy atom. The molecule has 13 heteroatoms. The highest BCUT2D eigenvalue weighted by Gasteiger charge is 2.64. The predicted octanol–water partition coefficient (Wildman–Crippen LogP) is 2.80. The molecule has 2 fully saturated rings. The van der Waals surface area contributed by atoms with Gasteiger partial charge in [-0.25, -0.2) is 9.80 Å². The van der Waals surface area contributed by atoms with Gasteiger partial charge >= 0.3 is 5.97 Å². The van der Waals surface area contributed by atoms with E-state index in [1.165, 1.54) is 47.0 Å². The standard InChI is InChI=1S/C24H26ClN5O5S2/c1-12(31)30(28(4)19(26)13-8-5-6-9-14(13)25)17(15-10-7-11-36-15)20(32)27-16-21(33)29-18(23(34)35)24(2,3)37-22(16)29/h5-11,16-18,22,26H,1-4H3,(H,27,32)(H,34,35)/t16-,17?,18+,22-/m1/s1. The van der Waals surface area contributed by atoms with E-state index in [1.54, 1.807) is 55.6 Å². The largest absolute Gasteiger partial charge is 0.480 e. The van der Waals surface area contributed by atoms with Crippen LogP contribution >= 0.6 is 34.7 Å². The molecule has 0 saturated carbocycles. The maximum atomic E-state index is 13.7. The van der Waals surface area contributed by atoms with Crippen molar-refractivity contribution in [1.29, 1.82) is 5.41 Å². The molecule has 1 unspecified atom stereocenters. The number of amidine groups is 1. The number of thioether (sulfide) groups is 1. The Morgan fingerprint density at radius 3 is 2.46 bits per heavy atom. The molecule has 4 rings (SSSR count). The predicted molar refractivity (Wildman–Crippen MR) is 141 cm³/mol. The first-order chi connectivity index (χ1) is 17.4. The van der Waals surface area contributed by atoms with Crippen molar-refractivity contribution in [3.8, 4) is 0 Å². The number of fused-ring (bicyclic) bond motifs is 1. The van der Waals surface area contributed by atoms with Crippen molar-refractivity contribution in [2.45, 2.75) is 49.0 Å². The number of β-lactam (4-membered cyclic amide) rings is 1. The van der Waals surface area contributed by atoms with E-state index in [9.17, 15) is 24.3 Å². The second-order valence-electron chi connectivity index (χ2n) is 9.22. The molecular formula is C24H26ClN5O5S2. The average Bonchev–Trinajstić information content (AvgIpc) is 3.44. The Hall–Kier alpha value is -3.09. The van der Waals surface area contributed by atoms with E-state index in [4.69, 9.17) is 17.0 Å². The van der Waals surface area contributed by atoms with Crippen LogP contribution in [0.15, 0.2) is 41.8 Å². The third kappa shape index (κ3) is 4.69. The Bertz CT molecular complexity index is 1270. The van der Waals surface area contributed by atoms with Crippen LogP contribution in [0.4, 0.5) is 0 Å². The summed E-state index contributed by atoms with van der Waals surface area (Å²) in [5, 5.41) is 25.0. The molecule has 2 aromatic rings. The maximum absolute atomic E-state index is 13.7. The number of hydrogen-bond donors (Lipinski definition) is 3. The third-order valence-corrected chi connectivity index (χ3v) is 9.20. The summed E-state index contributed by atoms with van der Waals surface area (Å²) < 4.78 is -0.742. The molecule has 0 spiro atoms. The monoisotopic (exact) mass is 563 g/mol. The number of benzene rings is 1. The van der Waals surface area contributed by atoms with Gasteiger partial charge < -0.3 is 15.3 Å². The number of rotatable bonds is 6. The summed E-state index contributed by atoms with van der Waals surface area (Å²) in [4.78, 5) is 53.2. The van der Waals surface area contributed by atoms with E-state index in [1.807, 2.05) is 0 Å². The van der Waals surface area contributed by atoms with E-state index in [0.717, 1.165) is 5.01 Å². The Morgan fingerprint density at radius 1 is 1.22 bits per heavy atom. The third-order valence-electron chi connectivity index (χ3n) is 6.38. The molecule has 1 aromatic heterocycles. The van der Waals surface area contributed by atoms with Crippen LogP contribution in [-0.4, -0.2) is 78.8 Å². The fourth-order valence-corrected chi connectivity index (χ4v) is 7.34. The minimum absolute atomic E-state index is 0.0987. The lowest BCUT2D eigenvalue weighted by Crippen LogP contribution is -2.71. The molecule has 0 radical (unpaired) electrons. The van der Waals surface area contributed by atoms with Crippen LogP contribution in [-0.2, 0) is 19.2 Å². The molecule has 0 aliphatic carbocycles. The summed E-state index contributed by atoms with van der Waals surface area (Å²) in [6.45, 7) is 4.79. The van der Waals surface area contributed by atoms with Gasteiger partial charge in [0.1, 0.15) is 23.3 Å². The van der Waals surface area contributed by atoms with Crippen molar-refractivity contribution in [2.24, 2.45) is 0 Å². The van der Waals surface area contributed by atoms with Gasteiger partial charge in [-0.1, -0.05) is 29.8 Å². The topological polar surface area (TPSA) is 134 Å². The summed E-state index contributed by atoms with van der Waals surface area (Å²) in [5.74, 6) is -2.81. The number of amides is 3. The number of carbonyl (C=O) groups excluding carboxylic acids is 3. The molecule has 4 atom stereocenters. The quantitative estimate of drug-likeness (QED) is 0.213. The van der Waals surface area contributed by atoms with E-state index in [2.05, 4.69) is 5.32 Å². The Labute approximate surface area is 227 Å². The second-order valence-corrected chi connectivity index (χ2v) is 12.4. The number of thiophene rings is 1. The number of nitrogens with zero attached hydrogens (tertiary/aromatic N) is 3. The van der Waals surface area contributed by atoms with E-state index in [0.29, 0.717) is 15.5 Å². The summed E-state index contributed by atoms with van der Waals surface area (Å²) in [6, 6.07) is 7.00. The van der Waals surface area contributed by atoms with Gasteiger partial charge in [-0.05, 0) is 37.4 Å². The van der Waals surface area contributed by atoms with E-state index in [-0.39, 0.29) is 5.84 Å². The van der Waals surface area contributed by atoms with Gasteiger partial charge in [0.25, 0.3) is 5.91 Å². The molecule has 3 N–H and O–H groups in total. The second kappa shape index (κ2) is 9.99. The average molecular weight is 564 g/mol. The highest BCUT2D eigenvalue weighted by atomic mass is 35.5. The first-order valence-electron chi connectivity index (χ1n) is 11.3. The summed E-state index contributed by atoms with van der Waals surface area (Å²) in [7, 11) is 1.49. The van der Waals surface area contributed by atoms with Crippen LogP contribution < -0.4 is 5.32 Å². The van der Waals surface area contributed by atoms with Crippen LogP contribution in [0.5, 0.6) is 0 Å². The lowest BCUT2D eigenvalue weighted by atomic mass is 9.96. The molecule has 2 aliphatic heterocycles. The zero-order chi connectivity index (χ0) is 27.2. The first-order valence-corrected chi connectivity index (χ1v) is 13.4. The summed E-state index contributed by atoms with van der Waals surface area (Å²) in [6.07, 6.45) is 0. The van der Waals surface area contributed by atoms with Crippen molar-refractivity contribution in [1.82, 2.24) is 20.2 Å². The minimum Gasteiger partial charge on any atom is -0.480 e. The van der Waals surface area contributed by atoms with Crippen LogP contribution in [0.3, 0.4) is 0 Å². The van der Waals surface area contributed by atoms with Crippen molar-refractivity contribution < 1.29 is 24.3 Å². The zero-order valence-corrected chi connectivity index (χ0v) is 22.9. The van der Waals surface area contributed by atoms with Gasteiger partial charge in [0, 0.05) is 29.2 Å². The van der Waals surface area contributed by atoms with Crippen molar-refractivity contribution in [3.05, 3.63) is 57.2 Å². The molecule has 0 bridgehead atoms. The number of carboxylic acid groups (broad SMARTS) is 1. The molecule has 3 heterocycles. The highest BCUT2D eigenvalue weighted by molar-refractivity contribution is 8.01. The smallest absolute Gasteiger partial charge is 0.327 e. The molecule has 37 heavy (non-hydrogen) atoms. The molecule has 1 aromatic carbocycles. The summed E-state index contributed by atoms with van der Waals surface area (Å²) in [5.41, 5.74) is 0.373. The molecule has 2 aliphatic rings. The number of nitrogens with one attached hydrogen (secondary N) is 2. The van der Waals surface area contributed by atoms with Crippen LogP contribution in [0.2, 0.25) is 5.02 Å². The number of carboxylic acids is 1. The number of carbonyl (C=O) groups is 4. The lowest BCUT2D eigenvalue weighted by molar-refractivity contribution is -0.162. The van der Waals surface area contributed by atoms with E-state index >= 15 is 0 Å². The Kier molecular flexibility index (Phi) is 7.28. The van der Waals surface area contributed by atoms with Crippen LogP contribution in [0.25, 0.3) is 0 Å². The molecule has 10 nitrogen and oxygen atoms in total. The number of halogens is 1. The molecule has 196 valence electrons. The van der Waals surface area contributed by atoms with E-state index < -0.39 is 51.9 Å². The van der Waals surface area contributed by atoms with Gasteiger partial charge in [-0.3, -0.25) is 24.8 Å². The lowest BCUT2D eigenvalue weighted by Gasteiger charge is -2.45. The highest BCUT2D eigenvalue weighted by Crippen LogP contribution is 2.51. The first kappa shape index (κ1) is 27.0. The number of aliphatic carboxylic acids is 1. The van der Waals surface area contributed by atoms with Gasteiger partial charge in [0.05, 0.1) is 5.02 Å². The van der Waals surface area contributed by atoms with Gasteiger partial charge in [-0.15, -0.1) is 23.1 Å².